The molecule has 0 atom stereocenters. The molecular weight excluding hydrogens is 282 g/mol. The van der Waals surface area contributed by atoms with E-state index in [2.05, 4.69) is 9.97 Å². The zero-order valence-electron chi connectivity index (χ0n) is 10.3. The van der Waals surface area contributed by atoms with Crippen molar-refractivity contribution in [2.75, 3.05) is 0 Å². The van der Waals surface area contributed by atoms with Crippen molar-refractivity contribution in [2.24, 2.45) is 0 Å². The number of aryl methyl sites for hydroxylation is 1. The first-order valence-corrected chi connectivity index (χ1v) is 6.10. The van der Waals surface area contributed by atoms with Gasteiger partial charge in [-0.05, 0) is 30.2 Å². The SMILES string of the molecule is Cc1cccc2cc(-c3nc(Cl)ncc3[N+](=O)[O-])oc12. The molecule has 2 aromatic heterocycles. The smallest absolute Gasteiger partial charge is 0.316 e. The molecule has 100 valence electrons. The van der Waals surface area contributed by atoms with Crippen LogP contribution in [-0.4, -0.2) is 14.9 Å². The Morgan fingerprint density at radius 3 is 2.90 bits per heavy atom. The number of nitro groups is 1. The number of aromatic nitrogens is 2. The number of fused-ring (bicyclic) bond motifs is 1. The maximum Gasteiger partial charge on any atom is 0.316 e. The van der Waals surface area contributed by atoms with Crippen LogP contribution in [0, 0.1) is 17.0 Å². The van der Waals surface area contributed by atoms with Gasteiger partial charge in [-0.3, -0.25) is 10.1 Å². The van der Waals surface area contributed by atoms with Crippen LogP contribution in [0.3, 0.4) is 0 Å². The molecule has 0 aliphatic heterocycles. The van der Waals surface area contributed by atoms with E-state index in [4.69, 9.17) is 16.0 Å². The molecule has 0 aliphatic rings. The highest BCUT2D eigenvalue weighted by atomic mass is 35.5. The standard InChI is InChI=1S/C13H8ClN3O3/c1-7-3-2-4-8-5-10(20-12(7)8)11-9(17(18)19)6-15-13(14)16-11/h2-6H,1H3. The minimum absolute atomic E-state index is 0.0669. The third-order valence-corrected chi connectivity index (χ3v) is 3.09. The third kappa shape index (κ3) is 2.00. The van der Waals surface area contributed by atoms with E-state index in [1.54, 1.807) is 6.07 Å². The average Bonchev–Trinajstić information content (AvgIpc) is 2.83. The van der Waals surface area contributed by atoms with E-state index >= 15 is 0 Å². The maximum atomic E-state index is 11.0. The molecule has 3 rings (SSSR count). The van der Waals surface area contributed by atoms with E-state index in [-0.39, 0.29) is 16.7 Å². The Labute approximate surface area is 118 Å². The van der Waals surface area contributed by atoms with Crippen molar-refractivity contribution in [1.29, 1.82) is 0 Å². The molecule has 0 aliphatic carbocycles. The number of halogens is 1. The van der Waals surface area contributed by atoms with Gasteiger partial charge in [-0.1, -0.05) is 18.2 Å². The third-order valence-electron chi connectivity index (χ3n) is 2.91. The molecule has 0 N–H and O–H groups in total. The molecule has 1 aromatic carbocycles. The summed E-state index contributed by atoms with van der Waals surface area (Å²) in [6, 6.07) is 7.35. The minimum atomic E-state index is -0.564. The lowest BCUT2D eigenvalue weighted by atomic mass is 10.2. The first-order chi connectivity index (χ1) is 9.56. The molecule has 0 bridgehead atoms. The highest BCUT2D eigenvalue weighted by Gasteiger charge is 2.22. The van der Waals surface area contributed by atoms with Gasteiger partial charge in [-0.25, -0.2) is 9.97 Å². The summed E-state index contributed by atoms with van der Waals surface area (Å²) in [6.07, 6.45) is 1.07. The van der Waals surface area contributed by atoms with E-state index in [1.165, 1.54) is 0 Å². The molecule has 0 amide bonds. The molecule has 0 saturated heterocycles. The van der Waals surface area contributed by atoms with Gasteiger partial charge in [0.05, 0.1) is 4.92 Å². The van der Waals surface area contributed by atoms with Gasteiger partial charge in [0, 0.05) is 5.39 Å². The fourth-order valence-corrected chi connectivity index (χ4v) is 2.13. The molecule has 7 heteroatoms. The predicted molar refractivity (Wildman–Crippen MR) is 73.6 cm³/mol. The average molecular weight is 290 g/mol. The van der Waals surface area contributed by atoms with Crippen molar-refractivity contribution in [3.05, 3.63) is 51.4 Å². The fourth-order valence-electron chi connectivity index (χ4n) is 1.99. The molecule has 0 fully saturated rings. The van der Waals surface area contributed by atoms with Gasteiger partial charge < -0.3 is 4.42 Å². The number of rotatable bonds is 2. The van der Waals surface area contributed by atoms with Gasteiger partial charge in [0.15, 0.2) is 11.5 Å². The van der Waals surface area contributed by atoms with Crippen molar-refractivity contribution in [2.45, 2.75) is 6.92 Å². The van der Waals surface area contributed by atoms with Crippen LogP contribution in [0.1, 0.15) is 5.56 Å². The summed E-state index contributed by atoms with van der Waals surface area (Å²) in [6.45, 7) is 1.90. The molecule has 0 radical (unpaired) electrons. The predicted octanol–water partition coefficient (Wildman–Crippen LogP) is 3.76. The van der Waals surface area contributed by atoms with Gasteiger partial charge in [0.2, 0.25) is 5.28 Å². The Bertz CT molecular complexity index is 829. The lowest BCUT2D eigenvalue weighted by Gasteiger charge is -1.98. The molecular formula is C13H8ClN3O3. The van der Waals surface area contributed by atoms with Gasteiger partial charge in [-0.2, -0.15) is 0 Å². The van der Waals surface area contributed by atoms with Crippen LogP contribution in [0.5, 0.6) is 0 Å². The van der Waals surface area contributed by atoms with Crippen LogP contribution in [-0.2, 0) is 0 Å². The van der Waals surface area contributed by atoms with Crippen LogP contribution in [0.2, 0.25) is 5.28 Å². The molecule has 0 saturated carbocycles. The fraction of sp³-hybridized carbons (Fsp3) is 0.0769. The van der Waals surface area contributed by atoms with E-state index in [0.717, 1.165) is 17.1 Å². The second-order valence-electron chi connectivity index (χ2n) is 4.23. The van der Waals surface area contributed by atoms with Crippen molar-refractivity contribution in [3.63, 3.8) is 0 Å². The van der Waals surface area contributed by atoms with Crippen LogP contribution < -0.4 is 0 Å². The summed E-state index contributed by atoms with van der Waals surface area (Å²) in [5, 5.41) is 11.8. The lowest BCUT2D eigenvalue weighted by Crippen LogP contribution is -1.96. The van der Waals surface area contributed by atoms with E-state index in [0.29, 0.717) is 11.3 Å². The summed E-state index contributed by atoms with van der Waals surface area (Å²) in [7, 11) is 0. The Morgan fingerprint density at radius 1 is 1.40 bits per heavy atom. The second-order valence-corrected chi connectivity index (χ2v) is 4.57. The molecule has 0 unspecified atom stereocenters. The van der Waals surface area contributed by atoms with Crippen molar-refractivity contribution in [3.8, 4) is 11.5 Å². The molecule has 0 spiro atoms. The van der Waals surface area contributed by atoms with E-state index < -0.39 is 4.92 Å². The summed E-state index contributed by atoms with van der Waals surface area (Å²) < 4.78 is 5.68. The highest BCUT2D eigenvalue weighted by molar-refractivity contribution is 6.28. The number of hydrogen-bond donors (Lipinski definition) is 0. The Hall–Kier alpha value is -2.47. The zero-order chi connectivity index (χ0) is 14.3. The normalized spacial score (nSPS) is 10.9. The lowest BCUT2D eigenvalue weighted by molar-refractivity contribution is -0.384. The summed E-state index contributed by atoms with van der Waals surface area (Å²) in [5.41, 5.74) is 1.44. The van der Waals surface area contributed by atoms with Crippen molar-refractivity contribution >= 4 is 28.3 Å². The Balaban J connectivity index is 2.27. The van der Waals surface area contributed by atoms with Gasteiger partial charge in [-0.15, -0.1) is 0 Å². The summed E-state index contributed by atoms with van der Waals surface area (Å²) in [5.74, 6) is 0.297. The zero-order valence-corrected chi connectivity index (χ0v) is 11.1. The largest absolute Gasteiger partial charge is 0.454 e. The summed E-state index contributed by atoms with van der Waals surface area (Å²) in [4.78, 5) is 18.0. The molecule has 3 aromatic rings. The first kappa shape index (κ1) is 12.6. The number of furan rings is 1. The molecule has 20 heavy (non-hydrogen) atoms. The number of benzene rings is 1. The molecule has 2 heterocycles. The number of nitrogens with zero attached hydrogens (tertiary/aromatic N) is 3. The number of para-hydroxylation sites is 1. The Kier molecular flexibility index (Phi) is 2.87. The first-order valence-electron chi connectivity index (χ1n) is 5.73. The summed E-state index contributed by atoms with van der Waals surface area (Å²) >= 11 is 5.71. The van der Waals surface area contributed by atoms with Gasteiger partial charge >= 0.3 is 5.69 Å². The quantitative estimate of drug-likeness (QED) is 0.407. The highest BCUT2D eigenvalue weighted by Crippen LogP contribution is 2.33. The van der Waals surface area contributed by atoms with Crippen molar-refractivity contribution in [1.82, 2.24) is 9.97 Å². The second kappa shape index (κ2) is 4.57. The van der Waals surface area contributed by atoms with Crippen LogP contribution in [0.15, 0.2) is 34.9 Å². The van der Waals surface area contributed by atoms with Gasteiger partial charge in [0.1, 0.15) is 11.8 Å². The monoisotopic (exact) mass is 289 g/mol. The molecule has 6 nitrogen and oxygen atoms in total. The minimum Gasteiger partial charge on any atom is -0.454 e. The van der Waals surface area contributed by atoms with Gasteiger partial charge in [0.25, 0.3) is 0 Å². The maximum absolute atomic E-state index is 11.0. The van der Waals surface area contributed by atoms with Crippen LogP contribution >= 0.6 is 11.6 Å². The van der Waals surface area contributed by atoms with Crippen LogP contribution in [0.4, 0.5) is 5.69 Å². The topological polar surface area (TPSA) is 82.1 Å². The van der Waals surface area contributed by atoms with E-state index in [1.807, 2.05) is 25.1 Å². The van der Waals surface area contributed by atoms with Crippen molar-refractivity contribution < 1.29 is 9.34 Å². The van der Waals surface area contributed by atoms with E-state index in [9.17, 15) is 10.1 Å². The van der Waals surface area contributed by atoms with Crippen LogP contribution in [0.25, 0.3) is 22.4 Å². The Morgan fingerprint density at radius 2 is 2.20 bits per heavy atom. The number of hydrogen-bond acceptors (Lipinski definition) is 5.